The molecule has 2 rings (SSSR count). The van der Waals surface area contributed by atoms with E-state index in [0.29, 0.717) is 6.42 Å². The number of carbonyl (C=O) groups excluding carboxylic acids is 3. The van der Waals surface area contributed by atoms with Gasteiger partial charge in [-0.15, -0.1) is 0 Å². The number of rotatable bonds is 2. The lowest BCUT2D eigenvalue weighted by Crippen LogP contribution is -2.45. The van der Waals surface area contributed by atoms with Crippen LogP contribution in [0.5, 0.6) is 0 Å². The lowest BCUT2D eigenvalue weighted by molar-refractivity contribution is -0.139. The molecule has 0 bridgehead atoms. The first-order chi connectivity index (χ1) is 8.16. The highest BCUT2D eigenvalue weighted by Crippen LogP contribution is 2.04. The van der Waals surface area contributed by atoms with Crippen LogP contribution in [-0.2, 0) is 20.8 Å². The van der Waals surface area contributed by atoms with Crippen LogP contribution in [0.3, 0.4) is 0 Å². The summed E-state index contributed by atoms with van der Waals surface area (Å²) in [6.45, 7) is 0. The maximum Gasteiger partial charge on any atom is 0.327 e. The number of benzene rings is 1. The quantitative estimate of drug-likeness (QED) is 0.565. The Kier molecular flexibility index (Phi) is 3.04. The predicted molar refractivity (Wildman–Crippen MR) is 58.4 cm³/mol. The summed E-state index contributed by atoms with van der Waals surface area (Å²) in [6.07, 6.45) is 0.341. The van der Waals surface area contributed by atoms with E-state index in [1.807, 2.05) is 35.8 Å². The van der Waals surface area contributed by atoms with Gasteiger partial charge in [-0.05, 0) is 5.56 Å². The normalized spacial score (nSPS) is 20.0. The maximum atomic E-state index is 11.6. The van der Waals surface area contributed by atoms with Crippen molar-refractivity contribution >= 4 is 17.7 Å². The summed E-state index contributed by atoms with van der Waals surface area (Å²) in [5, 5.41) is 2.36. The molecule has 1 aliphatic rings. The molecule has 1 fully saturated rings. The van der Waals surface area contributed by atoms with Gasteiger partial charge in [-0.3, -0.25) is 25.2 Å². The van der Waals surface area contributed by atoms with Crippen LogP contribution < -0.4 is 16.2 Å². The van der Waals surface area contributed by atoms with E-state index in [9.17, 15) is 14.4 Å². The minimum absolute atomic E-state index is 0.341. The van der Waals surface area contributed by atoms with Crippen molar-refractivity contribution in [1.82, 2.24) is 16.2 Å². The molecule has 6 heteroatoms. The largest absolute Gasteiger partial charge is 0.336 e. The molecule has 0 aromatic heterocycles. The van der Waals surface area contributed by atoms with Gasteiger partial charge in [0.05, 0.1) is 0 Å². The molecule has 1 aromatic rings. The van der Waals surface area contributed by atoms with E-state index in [1.165, 1.54) is 0 Å². The van der Waals surface area contributed by atoms with Crippen LogP contribution in [0.1, 0.15) is 5.56 Å². The Bertz CT molecular complexity index is 458. The molecule has 6 nitrogen and oxygen atoms in total. The second-order valence-corrected chi connectivity index (χ2v) is 3.66. The van der Waals surface area contributed by atoms with Crippen molar-refractivity contribution in [2.75, 3.05) is 0 Å². The third-order valence-corrected chi connectivity index (χ3v) is 2.41. The van der Waals surface area contributed by atoms with Crippen molar-refractivity contribution in [3.8, 4) is 0 Å². The average molecular weight is 233 g/mol. The van der Waals surface area contributed by atoms with Gasteiger partial charge >= 0.3 is 11.8 Å². The van der Waals surface area contributed by atoms with E-state index in [-0.39, 0.29) is 0 Å². The predicted octanol–water partition coefficient (Wildman–Crippen LogP) is -1.13. The van der Waals surface area contributed by atoms with Gasteiger partial charge in [0, 0.05) is 6.42 Å². The summed E-state index contributed by atoms with van der Waals surface area (Å²) in [4.78, 5) is 33.8. The molecule has 17 heavy (non-hydrogen) atoms. The fraction of sp³-hybridized carbons (Fsp3) is 0.182. The highest BCUT2D eigenvalue weighted by molar-refractivity contribution is 6.36. The molecule has 1 unspecified atom stereocenters. The van der Waals surface area contributed by atoms with E-state index in [0.717, 1.165) is 5.56 Å². The number of hydrazine groups is 1. The smallest absolute Gasteiger partial charge is 0.327 e. The summed E-state index contributed by atoms with van der Waals surface area (Å²) in [6, 6.07) is 8.49. The van der Waals surface area contributed by atoms with Gasteiger partial charge in [-0.1, -0.05) is 30.3 Å². The summed E-state index contributed by atoms with van der Waals surface area (Å²) in [5.41, 5.74) is 5.09. The van der Waals surface area contributed by atoms with Gasteiger partial charge in [-0.2, -0.15) is 0 Å². The van der Waals surface area contributed by atoms with E-state index < -0.39 is 23.8 Å². The molecule has 1 aliphatic heterocycles. The van der Waals surface area contributed by atoms with Crippen LogP contribution in [0, 0.1) is 0 Å². The minimum atomic E-state index is -0.867. The monoisotopic (exact) mass is 233 g/mol. The second-order valence-electron chi connectivity index (χ2n) is 3.66. The lowest BCUT2D eigenvalue weighted by atomic mass is 10.1. The number of hydrogen-bond donors (Lipinski definition) is 3. The zero-order valence-corrected chi connectivity index (χ0v) is 8.90. The zero-order valence-electron chi connectivity index (χ0n) is 8.90. The zero-order chi connectivity index (χ0) is 12.3. The van der Waals surface area contributed by atoms with Gasteiger partial charge in [0.1, 0.15) is 6.04 Å². The first-order valence-corrected chi connectivity index (χ1v) is 5.11. The van der Waals surface area contributed by atoms with Gasteiger partial charge in [-0.25, -0.2) is 0 Å². The Hall–Kier alpha value is -2.37. The van der Waals surface area contributed by atoms with Gasteiger partial charge in [0.15, 0.2) is 0 Å². The molecule has 1 heterocycles. The topological polar surface area (TPSA) is 87.3 Å². The molecular weight excluding hydrogens is 222 g/mol. The van der Waals surface area contributed by atoms with Crippen LogP contribution >= 0.6 is 0 Å². The standard InChI is InChI=1S/C11H11N3O3/c15-9-8(6-7-4-2-1-3-5-7)12-10(16)11(17)14-13-9/h1-5,8H,6H2,(H,12,16)(H,13,15)(H,14,17). The van der Waals surface area contributed by atoms with E-state index in [2.05, 4.69) is 10.7 Å². The number of carbonyl (C=O) groups is 3. The Labute approximate surface area is 97.4 Å². The van der Waals surface area contributed by atoms with E-state index in [4.69, 9.17) is 0 Å². The highest BCUT2D eigenvalue weighted by Gasteiger charge is 2.28. The molecule has 0 radical (unpaired) electrons. The molecule has 0 spiro atoms. The molecule has 1 aromatic carbocycles. The highest BCUT2D eigenvalue weighted by atomic mass is 16.2. The molecule has 0 aliphatic carbocycles. The molecule has 3 N–H and O–H groups in total. The van der Waals surface area contributed by atoms with E-state index in [1.54, 1.807) is 0 Å². The van der Waals surface area contributed by atoms with Crippen LogP contribution in [0.2, 0.25) is 0 Å². The van der Waals surface area contributed by atoms with Gasteiger partial charge in [0.2, 0.25) is 0 Å². The second kappa shape index (κ2) is 4.65. The van der Waals surface area contributed by atoms with Crippen molar-refractivity contribution in [3.05, 3.63) is 35.9 Å². The average Bonchev–Trinajstić information content (AvgIpc) is 2.45. The first kappa shape index (κ1) is 11.1. The number of nitrogens with one attached hydrogen (secondary N) is 3. The summed E-state index contributed by atoms with van der Waals surface area (Å²) >= 11 is 0. The molecular formula is C11H11N3O3. The molecule has 88 valence electrons. The van der Waals surface area contributed by atoms with Crippen molar-refractivity contribution in [3.63, 3.8) is 0 Å². The van der Waals surface area contributed by atoms with Gasteiger partial charge < -0.3 is 5.32 Å². The Morgan fingerprint density at radius 2 is 1.65 bits per heavy atom. The SMILES string of the molecule is O=C1NNC(=O)C(Cc2ccccc2)NC1=O. The van der Waals surface area contributed by atoms with Gasteiger partial charge in [0.25, 0.3) is 5.91 Å². The fourth-order valence-electron chi connectivity index (χ4n) is 1.55. The number of amides is 3. The Balaban J connectivity index is 2.11. The summed E-state index contributed by atoms with van der Waals surface area (Å²) in [7, 11) is 0. The first-order valence-electron chi connectivity index (χ1n) is 5.11. The third-order valence-electron chi connectivity index (χ3n) is 2.41. The fourth-order valence-corrected chi connectivity index (χ4v) is 1.55. The molecule has 1 saturated heterocycles. The lowest BCUT2D eigenvalue weighted by Gasteiger charge is -2.13. The van der Waals surface area contributed by atoms with Crippen LogP contribution in [0.4, 0.5) is 0 Å². The van der Waals surface area contributed by atoms with E-state index >= 15 is 0 Å². The van der Waals surface area contributed by atoms with Crippen LogP contribution in [0.25, 0.3) is 0 Å². The third kappa shape index (κ3) is 2.60. The molecule has 3 amide bonds. The molecule has 1 atom stereocenters. The van der Waals surface area contributed by atoms with Crippen molar-refractivity contribution in [2.45, 2.75) is 12.5 Å². The maximum absolute atomic E-state index is 11.6. The van der Waals surface area contributed by atoms with Crippen molar-refractivity contribution in [2.24, 2.45) is 0 Å². The number of hydrogen-bond acceptors (Lipinski definition) is 3. The summed E-state index contributed by atoms with van der Waals surface area (Å²) < 4.78 is 0. The molecule has 0 saturated carbocycles. The van der Waals surface area contributed by atoms with Crippen molar-refractivity contribution < 1.29 is 14.4 Å². The van der Waals surface area contributed by atoms with Crippen LogP contribution in [0.15, 0.2) is 30.3 Å². The minimum Gasteiger partial charge on any atom is -0.336 e. The summed E-state index contributed by atoms with van der Waals surface area (Å²) in [5.74, 6) is -2.12. The van der Waals surface area contributed by atoms with Crippen molar-refractivity contribution in [1.29, 1.82) is 0 Å². The Morgan fingerprint density at radius 1 is 0.941 bits per heavy atom. The Morgan fingerprint density at radius 3 is 2.35 bits per heavy atom. The van der Waals surface area contributed by atoms with Crippen LogP contribution in [-0.4, -0.2) is 23.8 Å².